The van der Waals surface area contributed by atoms with E-state index in [1.807, 2.05) is 11.8 Å². The molecule has 0 aliphatic carbocycles. The van der Waals surface area contributed by atoms with E-state index in [2.05, 4.69) is 55.1 Å². The second-order valence-electron chi connectivity index (χ2n) is 4.56. The molecule has 0 bridgehead atoms. The average molecular weight is 236 g/mol. The highest BCUT2D eigenvalue weighted by atomic mass is 32.2. The van der Waals surface area contributed by atoms with Gasteiger partial charge in [0.15, 0.2) is 0 Å². The van der Waals surface area contributed by atoms with E-state index in [0.29, 0.717) is 6.04 Å². The van der Waals surface area contributed by atoms with Crippen molar-refractivity contribution in [3.05, 3.63) is 18.2 Å². The molecule has 0 amide bonds. The maximum atomic E-state index is 2.50. The van der Waals surface area contributed by atoms with E-state index < -0.39 is 0 Å². The number of fused-ring (bicyclic) bond motifs is 1. The zero-order chi connectivity index (χ0) is 11.7. The highest BCUT2D eigenvalue weighted by molar-refractivity contribution is 7.98. The monoisotopic (exact) mass is 236 g/mol. The Balaban J connectivity index is 2.45. The second kappa shape index (κ2) is 4.58. The van der Waals surface area contributed by atoms with E-state index >= 15 is 0 Å². The van der Waals surface area contributed by atoms with Crippen LogP contribution in [-0.4, -0.2) is 32.4 Å². The Labute approximate surface area is 103 Å². The van der Waals surface area contributed by atoms with Crippen molar-refractivity contribution in [2.24, 2.45) is 0 Å². The summed E-state index contributed by atoms with van der Waals surface area (Å²) in [5.41, 5.74) is 2.74. The lowest BCUT2D eigenvalue weighted by Crippen LogP contribution is -2.42. The van der Waals surface area contributed by atoms with Crippen molar-refractivity contribution >= 4 is 23.1 Å². The molecule has 88 valence electrons. The maximum Gasteiger partial charge on any atom is 0.0618 e. The first-order chi connectivity index (χ1) is 7.63. The highest BCUT2D eigenvalue weighted by Crippen LogP contribution is 2.36. The summed E-state index contributed by atoms with van der Waals surface area (Å²) < 4.78 is 0. The fourth-order valence-corrected chi connectivity index (χ4v) is 2.65. The largest absolute Gasteiger partial charge is 0.371 e. The number of hydrogen-bond donors (Lipinski definition) is 0. The van der Waals surface area contributed by atoms with Crippen molar-refractivity contribution in [2.45, 2.75) is 24.8 Å². The standard InChI is InChI=1S/C13H20N2S/c1-10(2)15-8-7-14(3)12-6-5-11(16-4)9-13(12)15/h5-6,9-10H,7-8H2,1-4H3. The van der Waals surface area contributed by atoms with Crippen molar-refractivity contribution < 1.29 is 0 Å². The van der Waals surface area contributed by atoms with Gasteiger partial charge in [-0.05, 0) is 38.3 Å². The molecule has 1 aliphatic rings. The summed E-state index contributed by atoms with van der Waals surface area (Å²) in [7, 11) is 2.18. The van der Waals surface area contributed by atoms with Gasteiger partial charge in [0.1, 0.15) is 0 Å². The van der Waals surface area contributed by atoms with Crippen molar-refractivity contribution in [1.29, 1.82) is 0 Å². The van der Waals surface area contributed by atoms with Crippen molar-refractivity contribution in [2.75, 3.05) is 36.2 Å². The van der Waals surface area contributed by atoms with E-state index in [1.54, 1.807) is 0 Å². The molecule has 0 aromatic heterocycles. The molecule has 2 rings (SSSR count). The fraction of sp³-hybridized carbons (Fsp3) is 0.538. The summed E-state index contributed by atoms with van der Waals surface area (Å²) in [6, 6.07) is 7.35. The van der Waals surface area contributed by atoms with E-state index in [-0.39, 0.29) is 0 Å². The first-order valence-corrected chi connectivity index (χ1v) is 7.01. The van der Waals surface area contributed by atoms with Gasteiger partial charge in [-0.3, -0.25) is 0 Å². The number of rotatable bonds is 2. The molecule has 16 heavy (non-hydrogen) atoms. The third-order valence-electron chi connectivity index (χ3n) is 3.20. The van der Waals surface area contributed by atoms with Crippen LogP contribution >= 0.6 is 11.8 Å². The number of hydrogen-bond acceptors (Lipinski definition) is 3. The van der Waals surface area contributed by atoms with Crippen LogP contribution in [0.25, 0.3) is 0 Å². The Morgan fingerprint density at radius 3 is 2.56 bits per heavy atom. The molecule has 0 saturated carbocycles. The summed E-state index contributed by atoms with van der Waals surface area (Å²) in [5.74, 6) is 0. The highest BCUT2D eigenvalue weighted by Gasteiger charge is 2.22. The van der Waals surface area contributed by atoms with Crippen molar-refractivity contribution in [3.63, 3.8) is 0 Å². The van der Waals surface area contributed by atoms with E-state index in [1.165, 1.54) is 16.3 Å². The van der Waals surface area contributed by atoms with Crippen LogP contribution in [0.1, 0.15) is 13.8 Å². The van der Waals surface area contributed by atoms with Gasteiger partial charge in [-0.2, -0.15) is 0 Å². The molecule has 0 unspecified atom stereocenters. The number of nitrogens with zero attached hydrogens (tertiary/aromatic N) is 2. The van der Waals surface area contributed by atoms with Gasteiger partial charge in [0, 0.05) is 31.1 Å². The molecule has 1 aliphatic heterocycles. The maximum absolute atomic E-state index is 2.50. The lowest BCUT2D eigenvalue weighted by atomic mass is 10.1. The Morgan fingerprint density at radius 1 is 1.19 bits per heavy atom. The molecule has 1 heterocycles. The van der Waals surface area contributed by atoms with Crippen molar-refractivity contribution in [1.82, 2.24) is 0 Å². The first-order valence-electron chi connectivity index (χ1n) is 5.79. The van der Waals surface area contributed by atoms with Gasteiger partial charge in [0.25, 0.3) is 0 Å². The van der Waals surface area contributed by atoms with Crippen LogP contribution in [0.4, 0.5) is 11.4 Å². The molecule has 0 N–H and O–H groups in total. The molecular formula is C13H20N2S. The van der Waals surface area contributed by atoms with Gasteiger partial charge < -0.3 is 9.80 Å². The minimum atomic E-state index is 0.574. The Hall–Kier alpha value is -0.830. The number of anilines is 2. The van der Waals surface area contributed by atoms with Gasteiger partial charge in [0.2, 0.25) is 0 Å². The molecular weight excluding hydrogens is 216 g/mol. The molecule has 0 radical (unpaired) electrons. The molecule has 2 nitrogen and oxygen atoms in total. The van der Waals surface area contributed by atoms with Gasteiger partial charge in [-0.25, -0.2) is 0 Å². The molecule has 1 aromatic rings. The number of likely N-dealkylation sites (N-methyl/N-ethyl adjacent to an activating group) is 1. The summed E-state index contributed by atoms with van der Waals surface area (Å²) in [6.45, 7) is 6.77. The molecule has 0 saturated heterocycles. The minimum absolute atomic E-state index is 0.574. The van der Waals surface area contributed by atoms with Crippen LogP contribution in [-0.2, 0) is 0 Å². The van der Waals surface area contributed by atoms with Gasteiger partial charge in [-0.1, -0.05) is 0 Å². The van der Waals surface area contributed by atoms with Crippen LogP contribution in [0.3, 0.4) is 0 Å². The van der Waals surface area contributed by atoms with Gasteiger partial charge in [0.05, 0.1) is 11.4 Å². The van der Waals surface area contributed by atoms with E-state index in [4.69, 9.17) is 0 Å². The summed E-state index contributed by atoms with van der Waals surface area (Å²) >= 11 is 1.81. The lowest BCUT2D eigenvalue weighted by molar-refractivity contribution is 0.654. The van der Waals surface area contributed by atoms with Crippen LogP contribution < -0.4 is 9.80 Å². The fourth-order valence-electron chi connectivity index (χ4n) is 2.22. The summed E-state index contributed by atoms with van der Waals surface area (Å²) in [4.78, 5) is 6.19. The zero-order valence-corrected chi connectivity index (χ0v) is 11.3. The summed E-state index contributed by atoms with van der Waals surface area (Å²) in [6.07, 6.45) is 2.13. The number of thioether (sulfide) groups is 1. The topological polar surface area (TPSA) is 6.48 Å². The third-order valence-corrected chi connectivity index (χ3v) is 3.93. The van der Waals surface area contributed by atoms with Gasteiger partial charge in [-0.15, -0.1) is 11.8 Å². The van der Waals surface area contributed by atoms with Crippen LogP contribution in [0.5, 0.6) is 0 Å². The molecule has 0 spiro atoms. The van der Waals surface area contributed by atoms with E-state index in [9.17, 15) is 0 Å². The van der Waals surface area contributed by atoms with Gasteiger partial charge >= 0.3 is 0 Å². The Bertz CT molecular complexity index is 376. The van der Waals surface area contributed by atoms with Crippen LogP contribution in [0.2, 0.25) is 0 Å². The smallest absolute Gasteiger partial charge is 0.0618 e. The van der Waals surface area contributed by atoms with Crippen molar-refractivity contribution in [3.8, 4) is 0 Å². The lowest BCUT2D eigenvalue weighted by Gasteiger charge is -2.39. The summed E-state index contributed by atoms with van der Waals surface area (Å²) in [5, 5.41) is 0. The second-order valence-corrected chi connectivity index (χ2v) is 5.44. The average Bonchev–Trinajstić information content (AvgIpc) is 2.28. The van der Waals surface area contributed by atoms with E-state index in [0.717, 1.165) is 13.1 Å². The SMILES string of the molecule is CSc1ccc2c(c1)N(C(C)C)CCN2C. The Morgan fingerprint density at radius 2 is 1.94 bits per heavy atom. The molecule has 0 atom stereocenters. The van der Waals surface area contributed by atoms with Crippen LogP contribution in [0.15, 0.2) is 23.1 Å². The first kappa shape index (κ1) is 11.6. The molecule has 1 aromatic carbocycles. The third kappa shape index (κ3) is 2.01. The van der Waals surface area contributed by atoms with Crippen LogP contribution in [0, 0.1) is 0 Å². The zero-order valence-electron chi connectivity index (χ0n) is 10.5. The minimum Gasteiger partial charge on any atom is -0.371 e. The molecule has 0 fully saturated rings. The number of benzene rings is 1. The normalized spacial score (nSPS) is 15.6. The molecule has 3 heteroatoms. The predicted molar refractivity (Wildman–Crippen MR) is 74.0 cm³/mol. The Kier molecular flexibility index (Phi) is 3.33. The predicted octanol–water partition coefficient (Wildman–Crippen LogP) is 3.07. The quantitative estimate of drug-likeness (QED) is 0.729.